The van der Waals surface area contributed by atoms with Crippen LogP contribution in [0.25, 0.3) is 22.3 Å². The summed E-state index contributed by atoms with van der Waals surface area (Å²) in [6, 6.07) is 4.58. The Morgan fingerprint density at radius 3 is 2.60 bits per heavy atom. The highest BCUT2D eigenvalue weighted by molar-refractivity contribution is 5.97. The molecule has 2 fully saturated rings. The number of aromatic nitrogens is 5. The van der Waals surface area contributed by atoms with Gasteiger partial charge in [-0.05, 0) is 57.4 Å². The minimum Gasteiger partial charge on any atom is -0.475 e. The summed E-state index contributed by atoms with van der Waals surface area (Å²) < 4.78 is 81.8. The monoisotopic (exact) mass is 659 g/mol. The maximum Gasteiger partial charge on any atom is 0.418 e. The Bertz CT molecular complexity index is 1800. The van der Waals surface area contributed by atoms with E-state index in [-0.39, 0.29) is 53.1 Å². The van der Waals surface area contributed by atoms with Crippen molar-refractivity contribution < 1.29 is 31.4 Å². The Hall–Kier alpha value is -4.60. The average Bonchev–Trinajstić information content (AvgIpc) is 3.54. The molecule has 4 N–H and O–H groups in total. The van der Waals surface area contributed by atoms with Gasteiger partial charge in [-0.15, -0.1) is 0 Å². The van der Waals surface area contributed by atoms with Gasteiger partial charge in [0.15, 0.2) is 5.82 Å². The second-order valence-corrected chi connectivity index (χ2v) is 11.7. The third-order valence-electron chi connectivity index (χ3n) is 8.73. The number of hydrogen-bond acceptors (Lipinski definition) is 11. The third-order valence-corrected chi connectivity index (χ3v) is 8.73. The van der Waals surface area contributed by atoms with E-state index in [9.17, 15) is 17.6 Å². The molecule has 3 atom stereocenters. The molecule has 3 aliphatic rings. The Balaban J connectivity index is 0.000000366. The van der Waals surface area contributed by atoms with Crippen molar-refractivity contribution in [3.63, 3.8) is 0 Å². The molecule has 16 heteroatoms. The number of methoxy groups -OCH3 is 1. The van der Waals surface area contributed by atoms with E-state index >= 15 is 4.39 Å². The van der Waals surface area contributed by atoms with Gasteiger partial charge < -0.3 is 25.8 Å². The Morgan fingerprint density at radius 1 is 1.11 bits per heavy atom. The Morgan fingerprint density at radius 2 is 1.89 bits per heavy atom. The highest BCUT2D eigenvalue weighted by atomic mass is 19.4. The minimum atomic E-state index is -4.86. The molecule has 2 saturated heterocycles. The van der Waals surface area contributed by atoms with E-state index in [4.69, 9.17) is 20.9 Å². The van der Waals surface area contributed by atoms with Gasteiger partial charge >= 0.3 is 12.2 Å². The first-order valence-electron chi connectivity index (χ1n) is 15.1. The number of anilines is 3. The average molecular weight is 660 g/mol. The van der Waals surface area contributed by atoms with Gasteiger partial charge in [0.1, 0.15) is 52.5 Å². The summed E-state index contributed by atoms with van der Waals surface area (Å²) in [5, 5.41) is 0.0630. The molecule has 250 valence electrons. The van der Waals surface area contributed by atoms with Gasteiger partial charge in [0.25, 0.3) is 0 Å². The molecule has 0 aliphatic carbocycles. The lowest BCUT2D eigenvalue weighted by molar-refractivity contribution is -0.137. The lowest BCUT2D eigenvalue weighted by atomic mass is 10.0. The van der Waals surface area contributed by atoms with E-state index in [1.165, 1.54) is 26.9 Å². The van der Waals surface area contributed by atoms with Crippen LogP contribution in [-0.4, -0.2) is 75.4 Å². The van der Waals surface area contributed by atoms with Gasteiger partial charge in [0.05, 0.1) is 25.3 Å². The van der Waals surface area contributed by atoms with Crippen molar-refractivity contribution >= 4 is 28.4 Å². The van der Waals surface area contributed by atoms with Gasteiger partial charge in [-0.2, -0.15) is 23.1 Å². The fourth-order valence-electron chi connectivity index (χ4n) is 6.59. The van der Waals surface area contributed by atoms with Crippen LogP contribution in [-0.2, 0) is 6.18 Å². The molecule has 0 aromatic carbocycles. The number of alkyl halides is 4. The van der Waals surface area contributed by atoms with Gasteiger partial charge in [0, 0.05) is 24.3 Å². The molecule has 11 nitrogen and oxygen atoms in total. The summed E-state index contributed by atoms with van der Waals surface area (Å²) in [6.45, 7) is 5.22. The molecule has 7 rings (SSSR count). The van der Waals surface area contributed by atoms with Crippen LogP contribution in [0.2, 0.25) is 0 Å². The van der Waals surface area contributed by atoms with Crippen LogP contribution < -0.4 is 25.8 Å². The topological polar surface area (TPSA) is 141 Å². The van der Waals surface area contributed by atoms with Crippen LogP contribution in [0.15, 0.2) is 24.4 Å². The summed E-state index contributed by atoms with van der Waals surface area (Å²) in [5.41, 5.74) is 9.28. The summed E-state index contributed by atoms with van der Waals surface area (Å²) >= 11 is 0. The molecule has 3 aliphatic heterocycles. The number of aryl methyl sites for hydroxylation is 1. The number of fused-ring (bicyclic) bond motifs is 1. The highest BCUT2D eigenvalue weighted by Crippen LogP contribution is 2.44. The van der Waals surface area contributed by atoms with Crippen molar-refractivity contribution in [3.05, 3.63) is 46.9 Å². The van der Waals surface area contributed by atoms with Crippen molar-refractivity contribution in [3.8, 4) is 23.3 Å². The second kappa shape index (κ2) is 12.5. The zero-order chi connectivity index (χ0) is 33.6. The molecular weight excluding hydrogens is 625 g/mol. The minimum absolute atomic E-state index is 0.0475. The highest BCUT2D eigenvalue weighted by Gasteiger charge is 2.39. The summed E-state index contributed by atoms with van der Waals surface area (Å²) in [6.07, 6.45) is -0.490. The van der Waals surface area contributed by atoms with E-state index < -0.39 is 41.2 Å². The summed E-state index contributed by atoms with van der Waals surface area (Å²) in [7, 11) is 1.29. The fraction of sp³-hybridized carbons (Fsp3) is 0.452. The molecule has 4 aromatic rings. The van der Waals surface area contributed by atoms with Crippen LogP contribution in [0.1, 0.15) is 48.9 Å². The number of nitrogens with zero attached hydrogens (tertiary/aromatic N) is 7. The molecule has 0 saturated carbocycles. The van der Waals surface area contributed by atoms with Crippen molar-refractivity contribution in [1.82, 2.24) is 29.8 Å². The number of ether oxygens (including phenoxy) is 2. The number of nitrogens with two attached hydrogens (primary N) is 2. The molecule has 0 spiro atoms. The third kappa shape index (κ3) is 6.13. The van der Waals surface area contributed by atoms with E-state index in [2.05, 4.69) is 29.8 Å². The lowest BCUT2D eigenvalue weighted by Crippen LogP contribution is -2.31. The first-order chi connectivity index (χ1) is 22.4. The molecule has 0 amide bonds. The molecule has 0 bridgehead atoms. The maximum absolute atomic E-state index is 16.1. The number of rotatable bonds is 4. The fourth-order valence-corrected chi connectivity index (χ4v) is 6.59. The van der Waals surface area contributed by atoms with E-state index in [1.54, 1.807) is 23.2 Å². The van der Waals surface area contributed by atoms with E-state index in [0.29, 0.717) is 24.0 Å². The number of halogens is 5. The lowest BCUT2D eigenvalue weighted by Gasteiger charge is -2.30. The number of pyridine rings is 3. The SMILES string of the molecule is COc1nc2c3c(nc(-c4nc(N)cc(C)c4C(F)(F)F)c(F)c3n1)OCCN2C(C)c1cccnc1N.FC1CC2CCCN2C1. The van der Waals surface area contributed by atoms with Gasteiger partial charge in [0.2, 0.25) is 5.88 Å². The zero-order valence-corrected chi connectivity index (χ0v) is 26.0. The van der Waals surface area contributed by atoms with Crippen LogP contribution in [0.5, 0.6) is 11.9 Å². The zero-order valence-electron chi connectivity index (χ0n) is 26.0. The van der Waals surface area contributed by atoms with Gasteiger partial charge in [-0.1, -0.05) is 6.07 Å². The predicted molar refractivity (Wildman–Crippen MR) is 165 cm³/mol. The second-order valence-electron chi connectivity index (χ2n) is 11.7. The maximum atomic E-state index is 16.1. The summed E-state index contributed by atoms with van der Waals surface area (Å²) in [5.74, 6) is -1.04. The van der Waals surface area contributed by atoms with Crippen LogP contribution in [0, 0.1) is 12.7 Å². The number of hydrogen-bond donors (Lipinski definition) is 2. The standard InChI is InChI=1S/C24H22F4N8O2.C7H12FN/c1-10-9-13(29)32-18(15(10)24(26,27)28)19-16(25)17-14-21(35-23(34-17)37-3)36(7-8-38-22(14)33-19)11(2)12-5-4-6-31-20(12)30;8-6-4-7-2-1-3-9(7)5-6/h4-6,9,11H,7-8H2,1-3H3,(H2,29,32)(H2,30,31);6-7H,1-5H2. The smallest absolute Gasteiger partial charge is 0.418 e. The predicted octanol–water partition coefficient (Wildman–Crippen LogP) is 5.27. The quantitative estimate of drug-likeness (QED) is 0.277. The van der Waals surface area contributed by atoms with E-state index in [0.717, 1.165) is 19.0 Å². The largest absolute Gasteiger partial charge is 0.475 e. The Labute approximate surface area is 267 Å². The summed E-state index contributed by atoms with van der Waals surface area (Å²) in [4.78, 5) is 24.7. The van der Waals surface area contributed by atoms with Crippen LogP contribution >= 0.6 is 0 Å². The number of nitrogen functional groups attached to an aromatic ring is 2. The normalized spacial score (nSPS) is 19.9. The Kier molecular flexibility index (Phi) is 8.63. The van der Waals surface area contributed by atoms with Crippen molar-refractivity contribution in [2.75, 3.05) is 49.7 Å². The molecule has 3 unspecified atom stereocenters. The van der Waals surface area contributed by atoms with Crippen molar-refractivity contribution in [2.45, 2.75) is 57.5 Å². The molecular formula is C31H34F5N9O2. The van der Waals surface area contributed by atoms with Crippen LogP contribution in [0.3, 0.4) is 0 Å². The first kappa shape index (κ1) is 32.3. The van der Waals surface area contributed by atoms with Crippen molar-refractivity contribution in [1.29, 1.82) is 0 Å². The van der Waals surface area contributed by atoms with Crippen molar-refractivity contribution in [2.24, 2.45) is 0 Å². The molecule has 0 radical (unpaired) electrons. The first-order valence-corrected chi connectivity index (χ1v) is 15.1. The molecule has 4 aromatic heterocycles. The van der Waals surface area contributed by atoms with Crippen LogP contribution in [0.4, 0.5) is 39.4 Å². The molecule has 47 heavy (non-hydrogen) atoms. The van der Waals surface area contributed by atoms with Gasteiger partial charge in [-0.25, -0.2) is 23.7 Å². The van der Waals surface area contributed by atoms with E-state index in [1.807, 2.05) is 6.92 Å². The molecule has 7 heterocycles. The van der Waals surface area contributed by atoms with Gasteiger partial charge in [-0.3, -0.25) is 4.90 Å².